The number of esters is 2. The first-order valence-corrected chi connectivity index (χ1v) is 12.2. The van der Waals surface area contributed by atoms with Crippen LogP contribution in [-0.4, -0.2) is 36.3 Å². The van der Waals surface area contributed by atoms with Crippen molar-refractivity contribution in [3.05, 3.63) is 34.9 Å². The molecule has 0 bridgehead atoms. The van der Waals surface area contributed by atoms with E-state index in [4.69, 9.17) is 9.47 Å². The molecule has 0 aliphatic heterocycles. The monoisotopic (exact) mass is 482 g/mol. The Balaban J connectivity index is 2.75. The SMILES string of the molecule is CCOC(=O)CCCC(=O)c1ccc(CCCCCCBr)c(CCC(=O)OCC)c1. The third-order valence-corrected chi connectivity index (χ3v) is 5.41. The van der Waals surface area contributed by atoms with Crippen molar-refractivity contribution in [2.75, 3.05) is 18.5 Å². The average Bonchev–Trinajstić information content (AvgIpc) is 2.73. The van der Waals surface area contributed by atoms with E-state index in [1.54, 1.807) is 13.8 Å². The summed E-state index contributed by atoms with van der Waals surface area (Å²) in [6.45, 7) is 4.29. The molecule has 0 amide bonds. The lowest BCUT2D eigenvalue weighted by atomic mass is 9.93. The predicted octanol–water partition coefficient (Wildman–Crippen LogP) is 5.60. The van der Waals surface area contributed by atoms with E-state index in [2.05, 4.69) is 15.9 Å². The van der Waals surface area contributed by atoms with E-state index in [0.29, 0.717) is 44.5 Å². The molecule has 1 aromatic rings. The van der Waals surface area contributed by atoms with Crippen molar-refractivity contribution in [3.63, 3.8) is 0 Å². The summed E-state index contributed by atoms with van der Waals surface area (Å²) in [5, 5.41) is 1.03. The number of aryl methyl sites for hydroxylation is 2. The largest absolute Gasteiger partial charge is 0.466 e. The molecule has 0 N–H and O–H groups in total. The standard InChI is InChI=1S/C24H35BrO5/c1-3-29-23(27)12-9-11-22(26)21-14-13-19(10-7-5-6-8-17-25)20(18-21)15-16-24(28)30-4-2/h13-14,18H,3-12,15-17H2,1-2H3. The van der Waals surface area contributed by atoms with Crippen LogP contribution in [0.4, 0.5) is 0 Å². The van der Waals surface area contributed by atoms with Crippen LogP contribution in [0.2, 0.25) is 0 Å². The maximum Gasteiger partial charge on any atom is 0.306 e. The normalized spacial score (nSPS) is 10.6. The van der Waals surface area contributed by atoms with Gasteiger partial charge in [-0.3, -0.25) is 14.4 Å². The van der Waals surface area contributed by atoms with Crippen molar-refractivity contribution in [3.8, 4) is 0 Å². The van der Waals surface area contributed by atoms with Gasteiger partial charge in [0.05, 0.1) is 13.2 Å². The van der Waals surface area contributed by atoms with Gasteiger partial charge in [0.15, 0.2) is 5.78 Å². The van der Waals surface area contributed by atoms with Gasteiger partial charge in [0, 0.05) is 30.2 Å². The summed E-state index contributed by atoms with van der Waals surface area (Å²) >= 11 is 3.46. The number of rotatable bonds is 16. The smallest absolute Gasteiger partial charge is 0.306 e. The lowest BCUT2D eigenvalue weighted by Gasteiger charge is -2.12. The highest BCUT2D eigenvalue weighted by Gasteiger charge is 2.13. The minimum atomic E-state index is -0.268. The quantitative estimate of drug-likeness (QED) is 0.133. The third-order valence-electron chi connectivity index (χ3n) is 4.85. The van der Waals surface area contributed by atoms with Gasteiger partial charge in [-0.1, -0.05) is 40.9 Å². The van der Waals surface area contributed by atoms with Gasteiger partial charge in [-0.25, -0.2) is 0 Å². The molecule has 0 aliphatic rings. The fourth-order valence-corrected chi connectivity index (χ4v) is 3.68. The lowest BCUT2D eigenvalue weighted by molar-refractivity contribution is -0.144. The van der Waals surface area contributed by atoms with Crippen LogP contribution in [0.15, 0.2) is 18.2 Å². The van der Waals surface area contributed by atoms with Crippen LogP contribution in [0.5, 0.6) is 0 Å². The van der Waals surface area contributed by atoms with Gasteiger partial charge < -0.3 is 9.47 Å². The molecular weight excluding hydrogens is 448 g/mol. The maximum atomic E-state index is 12.6. The van der Waals surface area contributed by atoms with Crippen LogP contribution in [0.25, 0.3) is 0 Å². The van der Waals surface area contributed by atoms with Crippen molar-refractivity contribution < 1.29 is 23.9 Å². The molecule has 0 radical (unpaired) electrons. The highest BCUT2D eigenvalue weighted by Crippen LogP contribution is 2.20. The van der Waals surface area contributed by atoms with Gasteiger partial charge in [0.2, 0.25) is 0 Å². The lowest BCUT2D eigenvalue weighted by Crippen LogP contribution is -2.09. The first kappa shape index (κ1) is 26.3. The van der Waals surface area contributed by atoms with E-state index >= 15 is 0 Å². The van der Waals surface area contributed by atoms with Crippen LogP contribution in [0.1, 0.15) is 86.7 Å². The van der Waals surface area contributed by atoms with E-state index in [0.717, 1.165) is 30.2 Å². The molecule has 0 aromatic heterocycles. The van der Waals surface area contributed by atoms with Crippen molar-refractivity contribution in [2.24, 2.45) is 0 Å². The second-order valence-electron chi connectivity index (χ2n) is 7.22. The summed E-state index contributed by atoms with van der Waals surface area (Å²) in [7, 11) is 0. The second-order valence-corrected chi connectivity index (χ2v) is 8.02. The molecule has 5 nitrogen and oxygen atoms in total. The Hall–Kier alpha value is -1.69. The Morgan fingerprint density at radius 3 is 2.10 bits per heavy atom. The third kappa shape index (κ3) is 10.9. The van der Waals surface area contributed by atoms with E-state index in [-0.39, 0.29) is 24.1 Å². The number of benzene rings is 1. The Bertz CT molecular complexity index is 672. The molecule has 168 valence electrons. The van der Waals surface area contributed by atoms with Crippen LogP contribution < -0.4 is 0 Å². The van der Waals surface area contributed by atoms with E-state index in [1.807, 2.05) is 18.2 Å². The van der Waals surface area contributed by atoms with Gasteiger partial charge in [-0.2, -0.15) is 0 Å². The number of carbonyl (C=O) groups excluding carboxylic acids is 3. The molecule has 0 aliphatic carbocycles. The number of unbranched alkanes of at least 4 members (excludes halogenated alkanes) is 3. The van der Waals surface area contributed by atoms with Gasteiger partial charge >= 0.3 is 11.9 Å². The molecule has 1 rings (SSSR count). The van der Waals surface area contributed by atoms with Crippen molar-refractivity contribution >= 4 is 33.7 Å². The summed E-state index contributed by atoms with van der Waals surface area (Å²) < 4.78 is 9.95. The zero-order chi connectivity index (χ0) is 22.2. The predicted molar refractivity (Wildman–Crippen MR) is 122 cm³/mol. The molecule has 6 heteroatoms. The summed E-state index contributed by atoms with van der Waals surface area (Å²) in [5.74, 6) is -0.469. The van der Waals surface area contributed by atoms with Crippen molar-refractivity contribution in [1.82, 2.24) is 0 Å². The van der Waals surface area contributed by atoms with E-state index < -0.39 is 0 Å². The zero-order valence-corrected chi connectivity index (χ0v) is 19.9. The number of halogens is 1. The summed E-state index contributed by atoms with van der Waals surface area (Å²) in [4.78, 5) is 35.8. The second kappa shape index (κ2) is 16.1. The highest BCUT2D eigenvalue weighted by molar-refractivity contribution is 9.09. The molecule has 0 spiro atoms. The topological polar surface area (TPSA) is 69.7 Å². The Morgan fingerprint density at radius 2 is 1.43 bits per heavy atom. The van der Waals surface area contributed by atoms with E-state index in [9.17, 15) is 14.4 Å². The average molecular weight is 483 g/mol. The highest BCUT2D eigenvalue weighted by atomic mass is 79.9. The number of ketones is 1. The molecule has 0 unspecified atom stereocenters. The molecular formula is C24H35BrO5. The molecule has 0 saturated heterocycles. The number of carbonyl (C=O) groups is 3. The van der Waals surface area contributed by atoms with Crippen LogP contribution in [0.3, 0.4) is 0 Å². The zero-order valence-electron chi connectivity index (χ0n) is 18.3. The van der Waals surface area contributed by atoms with Gasteiger partial charge in [-0.15, -0.1) is 0 Å². The summed E-state index contributed by atoms with van der Waals surface area (Å²) in [6, 6.07) is 5.80. The molecule has 0 atom stereocenters. The minimum Gasteiger partial charge on any atom is -0.466 e. The first-order chi connectivity index (χ1) is 14.5. The number of hydrogen-bond donors (Lipinski definition) is 0. The van der Waals surface area contributed by atoms with Crippen LogP contribution in [0, 0.1) is 0 Å². The molecule has 0 saturated carbocycles. The minimum absolute atomic E-state index is 0.0144. The van der Waals surface area contributed by atoms with Gasteiger partial charge in [0.1, 0.15) is 0 Å². The Kier molecular flexibility index (Phi) is 14.1. The molecule has 1 aromatic carbocycles. The van der Waals surface area contributed by atoms with Gasteiger partial charge in [0.25, 0.3) is 0 Å². The van der Waals surface area contributed by atoms with Gasteiger partial charge in [-0.05, 0) is 63.1 Å². The number of ether oxygens (including phenoxy) is 2. The van der Waals surface area contributed by atoms with E-state index in [1.165, 1.54) is 18.4 Å². The fraction of sp³-hybridized carbons (Fsp3) is 0.625. The fourth-order valence-electron chi connectivity index (χ4n) is 3.28. The molecule has 0 fully saturated rings. The van der Waals surface area contributed by atoms with Crippen molar-refractivity contribution in [1.29, 1.82) is 0 Å². The summed E-state index contributed by atoms with van der Waals surface area (Å²) in [6.07, 6.45) is 7.48. The number of Topliss-reactive ketones (excluding diaryl/α,β-unsaturated/α-hetero) is 1. The summed E-state index contributed by atoms with van der Waals surface area (Å²) in [5.41, 5.74) is 2.88. The van der Waals surface area contributed by atoms with Crippen LogP contribution >= 0.6 is 15.9 Å². The molecule has 30 heavy (non-hydrogen) atoms. The molecule has 0 heterocycles. The van der Waals surface area contributed by atoms with Crippen molar-refractivity contribution in [2.45, 2.75) is 78.1 Å². The number of alkyl halides is 1. The Labute approximate surface area is 189 Å². The Morgan fingerprint density at radius 1 is 0.767 bits per heavy atom. The van der Waals surface area contributed by atoms with Crippen LogP contribution in [-0.2, 0) is 31.9 Å². The number of hydrogen-bond acceptors (Lipinski definition) is 5. The first-order valence-electron chi connectivity index (χ1n) is 11.0. The maximum absolute atomic E-state index is 12.6.